The Morgan fingerprint density at radius 3 is 2.85 bits per heavy atom. The van der Waals surface area contributed by atoms with Gasteiger partial charge in [0.25, 0.3) is 5.56 Å². The molecule has 0 saturated carbocycles. The van der Waals surface area contributed by atoms with E-state index < -0.39 is 0 Å². The first-order valence-corrected chi connectivity index (χ1v) is 6.69. The highest BCUT2D eigenvalue weighted by atomic mass is 32.2. The van der Waals surface area contributed by atoms with Crippen molar-refractivity contribution < 1.29 is 0 Å². The summed E-state index contributed by atoms with van der Waals surface area (Å²) in [4.78, 5) is 19.1. The maximum absolute atomic E-state index is 12.0. The van der Waals surface area contributed by atoms with Gasteiger partial charge in [-0.05, 0) is 36.9 Å². The standard InChI is InChI=1S/C12H12N6OS/c1-6-16-17-12(18(6)2)20-11-14-9-4-3-7(13)5-8(9)10(19)15-11/h3-5H,13H2,1-2H3,(H,14,15,19). The Kier molecular flexibility index (Phi) is 2.94. The highest BCUT2D eigenvalue weighted by Crippen LogP contribution is 2.23. The van der Waals surface area contributed by atoms with E-state index in [1.54, 1.807) is 18.2 Å². The molecular formula is C12H12N6OS. The van der Waals surface area contributed by atoms with E-state index in [0.717, 1.165) is 5.82 Å². The van der Waals surface area contributed by atoms with Crippen LogP contribution in [0.4, 0.5) is 5.69 Å². The van der Waals surface area contributed by atoms with Crippen molar-refractivity contribution in [3.05, 3.63) is 34.4 Å². The average molecular weight is 288 g/mol. The molecule has 0 unspecified atom stereocenters. The minimum absolute atomic E-state index is 0.219. The molecule has 0 bridgehead atoms. The Morgan fingerprint density at radius 2 is 2.15 bits per heavy atom. The molecule has 1 aromatic carbocycles. The minimum atomic E-state index is -0.219. The molecule has 2 heterocycles. The number of benzene rings is 1. The average Bonchev–Trinajstić information content (AvgIpc) is 2.72. The maximum atomic E-state index is 12.0. The van der Waals surface area contributed by atoms with E-state index in [4.69, 9.17) is 5.73 Å². The first kappa shape index (κ1) is 12.7. The zero-order chi connectivity index (χ0) is 14.3. The van der Waals surface area contributed by atoms with E-state index in [2.05, 4.69) is 20.2 Å². The van der Waals surface area contributed by atoms with Crippen LogP contribution in [0.15, 0.2) is 33.3 Å². The number of nitrogens with two attached hydrogens (primary N) is 1. The van der Waals surface area contributed by atoms with Crippen LogP contribution < -0.4 is 11.3 Å². The summed E-state index contributed by atoms with van der Waals surface area (Å²) in [7, 11) is 1.86. The monoisotopic (exact) mass is 288 g/mol. The molecular weight excluding hydrogens is 276 g/mol. The molecule has 0 fully saturated rings. The van der Waals surface area contributed by atoms with Crippen LogP contribution in [0.3, 0.4) is 0 Å². The second kappa shape index (κ2) is 4.64. The van der Waals surface area contributed by atoms with Gasteiger partial charge in [0.2, 0.25) is 0 Å². The lowest BCUT2D eigenvalue weighted by atomic mass is 10.2. The van der Waals surface area contributed by atoms with E-state index in [9.17, 15) is 4.79 Å². The number of nitrogens with zero attached hydrogens (tertiary/aromatic N) is 4. The summed E-state index contributed by atoms with van der Waals surface area (Å²) in [5.41, 5.74) is 6.59. The van der Waals surface area contributed by atoms with E-state index in [0.29, 0.717) is 26.9 Å². The molecule has 8 heteroatoms. The van der Waals surface area contributed by atoms with Gasteiger partial charge >= 0.3 is 0 Å². The molecule has 2 aromatic heterocycles. The first-order chi connectivity index (χ1) is 9.54. The molecule has 20 heavy (non-hydrogen) atoms. The van der Waals surface area contributed by atoms with Crippen molar-refractivity contribution in [1.29, 1.82) is 0 Å². The van der Waals surface area contributed by atoms with E-state index >= 15 is 0 Å². The molecule has 0 saturated heterocycles. The third-order valence-corrected chi connectivity index (χ3v) is 3.87. The number of hydrogen-bond donors (Lipinski definition) is 2. The van der Waals surface area contributed by atoms with Gasteiger partial charge in [-0.15, -0.1) is 10.2 Å². The van der Waals surface area contributed by atoms with Crippen LogP contribution in [-0.4, -0.2) is 24.7 Å². The molecule has 0 amide bonds. The third-order valence-electron chi connectivity index (χ3n) is 2.95. The molecule has 0 atom stereocenters. The zero-order valence-electron chi connectivity index (χ0n) is 10.9. The molecule has 102 valence electrons. The second-order valence-corrected chi connectivity index (χ2v) is 5.29. The van der Waals surface area contributed by atoms with Crippen LogP contribution in [0, 0.1) is 6.92 Å². The van der Waals surface area contributed by atoms with Gasteiger partial charge in [0.05, 0.1) is 10.9 Å². The molecule has 3 aromatic rings. The number of aromatic nitrogens is 5. The third kappa shape index (κ3) is 2.14. The van der Waals surface area contributed by atoms with Gasteiger partial charge < -0.3 is 15.3 Å². The van der Waals surface area contributed by atoms with Crippen LogP contribution in [-0.2, 0) is 7.05 Å². The largest absolute Gasteiger partial charge is 0.399 e. The fourth-order valence-electron chi connectivity index (χ4n) is 1.75. The normalized spacial score (nSPS) is 11.1. The number of aryl methyl sites for hydroxylation is 1. The van der Waals surface area contributed by atoms with Crippen molar-refractivity contribution in [2.45, 2.75) is 17.2 Å². The molecule has 3 N–H and O–H groups in total. The molecule has 0 aliphatic carbocycles. The summed E-state index contributed by atoms with van der Waals surface area (Å²) in [6, 6.07) is 5.06. The summed E-state index contributed by atoms with van der Waals surface area (Å²) in [6.45, 7) is 1.86. The quantitative estimate of drug-likeness (QED) is 0.540. The Balaban J connectivity index is 2.07. The Bertz CT molecular complexity index is 853. The minimum Gasteiger partial charge on any atom is -0.399 e. The first-order valence-electron chi connectivity index (χ1n) is 5.88. The molecule has 0 radical (unpaired) electrons. The van der Waals surface area contributed by atoms with Crippen LogP contribution >= 0.6 is 11.8 Å². The van der Waals surface area contributed by atoms with Crippen molar-refractivity contribution >= 4 is 28.4 Å². The lowest BCUT2D eigenvalue weighted by molar-refractivity contribution is 0.762. The highest BCUT2D eigenvalue weighted by Gasteiger charge is 2.10. The predicted molar refractivity (Wildman–Crippen MR) is 76.6 cm³/mol. The number of H-pyrrole nitrogens is 1. The number of aromatic amines is 1. The Morgan fingerprint density at radius 1 is 1.35 bits per heavy atom. The van der Waals surface area contributed by atoms with Crippen molar-refractivity contribution in [3.63, 3.8) is 0 Å². The summed E-state index contributed by atoms with van der Waals surface area (Å²) in [5.74, 6) is 0.795. The van der Waals surface area contributed by atoms with Gasteiger partial charge in [-0.3, -0.25) is 4.79 Å². The van der Waals surface area contributed by atoms with Crippen LogP contribution in [0.25, 0.3) is 10.9 Å². The maximum Gasteiger partial charge on any atom is 0.259 e. The van der Waals surface area contributed by atoms with Gasteiger partial charge in [-0.1, -0.05) is 0 Å². The van der Waals surface area contributed by atoms with Crippen molar-refractivity contribution in [2.75, 3.05) is 5.73 Å². The molecule has 3 rings (SSSR count). The number of rotatable bonds is 2. The summed E-state index contributed by atoms with van der Waals surface area (Å²) in [6.07, 6.45) is 0. The van der Waals surface area contributed by atoms with Gasteiger partial charge in [-0.25, -0.2) is 4.98 Å². The SMILES string of the molecule is Cc1nnc(Sc2nc3ccc(N)cc3c(=O)[nH]2)n1C. The van der Waals surface area contributed by atoms with E-state index in [1.807, 2.05) is 18.5 Å². The molecule has 0 spiro atoms. The summed E-state index contributed by atoms with van der Waals surface area (Å²) < 4.78 is 1.83. The second-order valence-electron chi connectivity index (χ2n) is 4.34. The number of fused-ring (bicyclic) bond motifs is 1. The number of nitrogens with one attached hydrogen (secondary N) is 1. The van der Waals surface area contributed by atoms with Gasteiger partial charge in [-0.2, -0.15) is 0 Å². The van der Waals surface area contributed by atoms with Gasteiger partial charge in [0, 0.05) is 12.7 Å². The smallest absolute Gasteiger partial charge is 0.259 e. The zero-order valence-corrected chi connectivity index (χ0v) is 11.7. The highest BCUT2D eigenvalue weighted by molar-refractivity contribution is 7.99. The topological polar surface area (TPSA) is 102 Å². The fraction of sp³-hybridized carbons (Fsp3) is 0.167. The van der Waals surface area contributed by atoms with Crippen LogP contribution in [0.1, 0.15) is 5.82 Å². The lowest BCUT2D eigenvalue weighted by Crippen LogP contribution is -2.09. The Labute approximate surface area is 118 Å². The summed E-state index contributed by atoms with van der Waals surface area (Å²) in [5, 5.41) is 9.61. The Hall–Kier alpha value is -2.35. The van der Waals surface area contributed by atoms with Crippen molar-refractivity contribution in [1.82, 2.24) is 24.7 Å². The molecule has 0 aliphatic rings. The molecule has 0 aliphatic heterocycles. The number of hydrogen-bond acceptors (Lipinski definition) is 6. The van der Waals surface area contributed by atoms with E-state index in [1.165, 1.54) is 11.8 Å². The van der Waals surface area contributed by atoms with Crippen LogP contribution in [0.5, 0.6) is 0 Å². The number of nitrogen functional groups attached to an aromatic ring is 1. The van der Waals surface area contributed by atoms with Crippen LogP contribution in [0.2, 0.25) is 0 Å². The predicted octanol–water partition coefficient (Wildman–Crippen LogP) is 1.09. The fourth-order valence-corrected chi connectivity index (χ4v) is 2.56. The lowest BCUT2D eigenvalue weighted by Gasteiger charge is -2.03. The van der Waals surface area contributed by atoms with Crippen molar-refractivity contribution in [3.8, 4) is 0 Å². The van der Waals surface area contributed by atoms with Gasteiger partial charge in [0.15, 0.2) is 10.3 Å². The van der Waals surface area contributed by atoms with E-state index in [-0.39, 0.29) is 5.56 Å². The summed E-state index contributed by atoms with van der Waals surface area (Å²) >= 11 is 1.26. The van der Waals surface area contributed by atoms with Gasteiger partial charge in [0.1, 0.15) is 5.82 Å². The molecule has 7 nitrogen and oxygen atoms in total. The van der Waals surface area contributed by atoms with Crippen molar-refractivity contribution in [2.24, 2.45) is 7.05 Å². The number of anilines is 1.